The Labute approximate surface area is 209 Å². The predicted molar refractivity (Wildman–Crippen MR) is 128 cm³/mol. The van der Waals surface area contributed by atoms with Gasteiger partial charge < -0.3 is 10.2 Å². The molecule has 1 heterocycles. The zero-order valence-corrected chi connectivity index (χ0v) is 19.6. The molecule has 0 bridgehead atoms. The van der Waals surface area contributed by atoms with Crippen LogP contribution in [0.2, 0.25) is 0 Å². The summed E-state index contributed by atoms with van der Waals surface area (Å²) < 4.78 is 0. The number of carboxylic acid groups (broad SMARTS) is 1. The molecule has 4 rings (SSSR count). The Morgan fingerprint density at radius 2 is 1.62 bits per heavy atom. The van der Waals surface area contributed by atoms with Gasteiger partial charge >= 0.3 is 22.5 Å². The van der Waals surface area contributed by atoms with E-state index >= 15 is 0 Å². The van der Waals surface area contributed by atoms with E-state index in [0.29, 0.717) is 23.5 Å². The van der Waals surface area contributed by atoms with Gasteiger partial charge in [0.25, 0.3) is 0 Å². The first-order chi connectivity index (χ1) is 16.1. The third-order valence-corrected chi connectivity index (χ3v) is 5.69. The summed E-state index contributed by atoms with van der Waals surface area (Å²) in [5, 5.41) is 22.4. The molecule has 1 atom stereocenters. The van der Waals surface area contributed by atoms with Gasteiger partial charge in [-0.2, -0.15) is 0 Å². The minimum Gasteiger partial charge on any atom is -0.861 e. The number of hydrogen-bond donors (Lipinski definition) is 1. The summed E-state index contributed by atoms with van der Waals surface area (Å²) in [6, 6.07) is 26.5. The van der Waals surface area contributed by atoms with Gasteiger partial charge in [-0.05, 0) is 36.9 Å². The average Bonchev–Trinajstić information content (AvgIpc) is 3.29. The van der Waals surface area contributed by atoms with Crippen molar-refractivity contribution < 1.29 is 31.5 Å². The topological polar surface area (TPSA) is 88.3 Å². The van der Waals surface area contributed by atoms with Crippen LogP contribution in [-0.2, 0) is 27.8 Å². The van der Waals surface area contributed by atoms with E-state index in [1.54, 1.807) is 6.07 Å². The SMILES string of the molecule is O=C(O)CN=C(c1ccccc1)c1ccccc1N=C([O-])[C@@H]1CCCN1Cc1ccccc1.[Ni+2]. The maximum atomic E-state index is 13.3. The first-order valence-electron chi connectivity index (χ1n) is 11.1. The first kappa shape index (κ1) is 25.3. The molecule has 7 heteroatoms. The fourth-order valence-corrected chi connectivity index (χ4v) is 4.15. The van der Waals surface area contributed by atoms with Crippen molar-refractivity contribution in [3.05, 3.63) is 102 Å². The third-order valence-electron chi connectivity index (χ3n) is 5.69. The van der Waals surface area contributed by atoms with Crippen LogP contribution in [0.3, 0.4) is 0 Å². The van der Waals surface area contributed by atoms with Gasteiger partial charge in [0.1, 0.15) is 6.54 Å². The molecule has 0 spiro atoms. The smallest absolute Gasteiger partial charge is 0.861 e. The van der Waals surface area contributed by atoms with Gasteiger partial charge in [0.2, 0.25) is 0 Å². The molecule has 1 N–H and O–H groups in total. The Hall–Kier alpha value is -3.28. The number of benzene rings is 3. The molecule has 0 aromatic heterocycles. The first-order valence-corrected chi connectivity index (χ1v) is 11.1. The molecule has 0 saturated carbocycles. The molecule has 34 heavy (non-hydrogen) atoms. The van der Waals surface area contributed by atoms with Gasteiger partial charge in [0.15, 0.2) is 0 Å². The van der Waals surface area contributed by atoms with Gasteiger partial charge in [0.05, 0.1) is 11.4 Å². The van der Waals surface area contributed by atoms with Gasteiger partial charge in [-0.3, -0.25) is 19.7 Å². The molecule has 176 valence electrons. The van der Waals surface area contributed by atoms with Gasteiger partial charge in [0, 0.05) is 23.7 Å². The number of para-hydroxylation sites is 1. The minimum atomic E-state index is -1.02. The molecule has 1 fully saturated rings. The monoisotopic (exact) mass is 498 g/mol. The largest absolute Gasteiger partial charge is 2.00 e. The van der Waals surface area contributed by atoms with E-state index in [-0.39, 0.29) is 35.0 Å². The van der Waals surface area contributed by atoms with Crippen molar-refractivity contribution in [2.24, 2.45) is 9.98 Å². The van der Waals surface area contributed by atoms with Crippen LogP contribution in [0, 0.1) is 0 Å². The Balaban J connectivity index is 0.00000324. The van der Waals surface area contributed by atoms with Crippen LogP contribution in [0.4, 0.5) is 5.69 Å². The minimum absolute atomic E-state index is 0. The second-order valence-electron chi connectivity index (χ2n) is 8.01. The summed E-state index contributed by atoms with van der Waals surface area (Å²) in [7, 11) is 0. The van der Waals surface area contributed by atoms with E-state index in [0.717, 1.165) is 24.9 Å². The van der Waals surface area contributed by atoms with Gasteiger partial charge in [-0.25, -0.2) is 0 Å². The number of carboxylic acids is 1. The summed E-state index contributed by atoms with van der Waals surface area (Å²) in [5.41, 5.74) is 3.61. The fourth-order valence-electron chi connectivity index (χ4n) is 4.15. The average molecular weight is 499 g/mol. The van der Waals surface area contributed by atoms with Crippen molar-refractivity contribution >= 4 is 23.3 Å². The zero-order valence-electron chi connectivity index (χ0n) is 18.6. The van der Waals surface area contributed by atoms with E-state index in [4.69, 9.17) is 0 Å². The quantitative estimate of drug-likeness (QED) is 0.291. The van der Waals surface area contributed by atoms with Crippen LogP contribution in [-0.4, -0.2) is 46.7 Å². The maximum Gasteiger partial charge on any atom is 2.00 e. The number of nitrogens with zero attached hydrogens (tertiary/aromatic N) is 3. The molecule has 0 radical (unpaired) electrons. The second kappa shape index (κ2) is 12.3. The molecule has 1 saturated heterocycles. The normalized spacial score (nSPS) is 16.8. The van der Waals surface area contributed by atoms with Crippen LogP contribution in [0.1, 0.15) is 29.5 Å². The Bertz CT molecular complexity index is 1150. The van der Waals surface area contributed by atoms with E-state index < -0.39 is 5.97 Å². The number of rotatable bonds is 8. The number of aliphatic carboxylic acids is 1. The molecular formula is C27H26N3NiO3+. The van der Waals surface area contributed by atoms with Crippen LogP contribution < -0.4 is 5.11 Å². The zero-order chi connectivity index (χ0) is 23.0. The van der Waals surface area contributed by atoms with Crippen molar-refractivity contribution in [2.75, 3.05) is 13.1 Å². The molecule has 0 unspecified atom stereocenters. The molecule has 1 aliphatic heterocycles. The van der Waals surface area contributed by atoms with E-state index in [2.05, 4.69) is 27.0 Å². The van der Waals surface area contributed by atoms with Gasteiger partial charge in [-0.1, -0.05) is 78.9 Å². The van der Waals surface area contributed by atoms with Crippen molar-refractivity contribution in [1.29, 1.82) is 0 Å². The molecule has 1 aliphatic rings. The predicted octanol–water partition coefficient (Wildman–Crippen LogP) is 3.66. The van der Waals surface area contributed by atoms with E-state index in [1.165, 1.54) is 5.56 Å². The Morgan fingerprint density at radius 1 is 0.971 bits per heavy atom. The summed E-state index contributed by atoms with van der Waals surface area (Å²) in [5.74, 6) is -1.20. The number of carbonyl (C=O) groups is 1. The molecule has 0 amide bonds. The molecule has 3 aromatic rings. The fraction of sp³-hybridized carbons (Fsp3) is 0.222. The van der Waals surface area contributed by atoms with Crippen LogP contribution in [0.15, 0.2) is 94.9 Å². The molecular weight excluding hydrogens is 473 g/mol. The second-order valence-corrected chi connectivity index (χ2v) is 8.01. The van der Waals surface area contributed by atoms with Crippen LogP contribution in [0.5, 0.6) is 0 Å². The molecule has 3 aromatic carbocycles. The number of likely N-dealkylation sites (tertiary alicyclic amines) is 1. The van der Waals surface area contributed by atoms with Crippen LogP contribution >= 0.6 is 0 Å². The van der Waals surface area contributed by atoms with Crippen LogP contribution in [0.25, 0.3) is 0 Å². The number of aliphatic imine (C=N–C) groups is 2. The summed E-state index contributed by atoms with van der Waals surface area (Å²) in [4.78, 5) is 22.2. The van der Waals surface area contributed by atoms with E-state index in [1.807, 2.05) is 66.7 Å². The van der Waals surface area contributed by atoms with Crippen molar-refractivity contribution in [3.63, 3.8) is 0 Å². The summed E-state index contributed by atoms with van der Waals surface area (Å²) in [6.45, 7) is 1.21. The van der Waals surface area contributed by atoms with E-state index in [9.17, 15) is 15.0 Å². The van der Waals surface area contributed by atoms with Crippen molar-refractivity contribution in [2.45, 2.75) is 25.4 Å². The van der Waals surface area contributed by atoms with Crippen molar-refractivity contribution in [1.82, 2.24) is 4.90 Å². The van der Waals surface area contributed by atoms with Gasteiger partial charge in [-0.15, -0.1) is 0 Å². The summed E-state index contributed by atoms with van der Waals surface area (Å²) >= 11 is 0. The maximum absolute atomic E-state index is 13.3. The molecule has 6 nitrogen and oxygen atoms in total. The summed E-state index contributed by atoms with van der Waals surface area (Å²) in [6.07, 6.45) is 1.73. The Kier molecular flexibility index (Phi) is 9.14. The standard InChI is InChI=1S/C27H27N3O3.Ni/c31-25(32)18-28-26(21-12-5-2-6-13-21)22-14-7-8-15-23(22)29-27(33)24-16-9-17-30(24)19-20-10-3-1-4-11-20;/h1-8,10-15,24H,9,16-19H2,(H,29,33)(H,31,32);/q;+2/p-1/t24-;/m0./s1. The van der Waals surface area contributed by atoms with Crippen molar-refractivity contribution in [3.8, 4) is 0 Å². The molecule has 0 aliphatic carbocycles. The Morgan fingerprint density at radius 3 is 2.32 bits per heavy atom. The third kappa shape index (κ3) is 6.40. The number of hydrogen-bond acceptors (Lipinski definition) is 5.